The fraction of sp³-hybridized carbons (Fsp3) is 0.0370. The SMILES string of the molecule is Oc1cccc(C=Nc2ccc(Cc3ccc(N=Cc4cccc(O)c4)cc3)cc2)c1. The van der Waals surface area contributed by atoms with Gasteiger partial charge in [0.15, 0.2) is 0 Å². The van der Waals surface area contributed by atoms with Crippen molar-refractivity contribution >= 4 is 23.8 Å². The van der Waals surface area contributed by atoms with Gasteiger partial charge in [0.25, 0.3) is 0 Å². The zero-order valence-electron chi connectivity index (χ0n) is 16.9. The normalized spacial score (nSPS) is 11.4. The summed E-state index contributed by atoms with van der Waals surface area (Å²) < 4.78 is 0. The van der Waals surface area contributed by atoms with Crippen molar-refractivity contribution in [1.29, 1.82) is 0 Å². The highest BCUT2D eigenvalue weighted by molar-refractivity contribution is 5.83. The number of nitrogens with zero attached hydrogens (tertiary/aromatic N) is 2. The van der Waals surface area contributed by atoms with Crippen LogP contribution in [-0.2, 0) is 6.42 Å². The Morgan fingerprint density at radius 1 is 0.548 bits per heavy atom. The number of aliphatic imine (C=N–C) groups is 2. The Kier molecular flexibility index (Phi) is 6.19. The summed E-state index contributed by atoms with van der Waals surface area (Å²) >= 11 is 0. The first-order chi connectivity index (χ1) is 15.1. The molecule has 0 aliphatic rings. The molecular weight excluding hydrogens is 384 g/mol. The molecule has 0 spiro atoms. The minimum absolute atomic E-state index is 0.232. The highest BCUT2D eigenvalue weighted by atomic mass is 16.3. The highest BCUT2D eigenvalue weighted by Crippen LogP contribution is 2.19. The van der Waals surface area contributed by atoms with Crippen LogP contribution >= 0.6 is 0 Å². The second-order valence-electron chi connectivity index (χ2n) is 7.22. The summed E-state index contributed by atoms with van der Waals surface area (Å²) in [5, 5.41) is 19.0. The Labute approximate surface area is 181 Å². The minimum atomic E-state index is 0.232. The topological polar surface area (TPSA) is 65.2 Å². The van der Waals surface area contributed by atoms with Gasteiger partial charge >= 0.3 is 0 Å². The van der Waals surface area contributed by atoms with E-state index in [1.54, 1.807) is 48.8 Å². The molecule has 0 fully saturated rings. The molecule has 0 saturated heterocycles. The van der Waals surface area contributed by atoms with Gasteiger partial charge in [0.05, 0.1) is 11.4 Å². The van der Waals surface area contributed by atoms with Crippen LogP contribution in [0.25, 0.3) is 0 Å². The molecule has 4 aromatic rings. The molecule has 0 saturated carbocycles. The summed E-state index contributed by atoms with van der Waals surface area (Å²) in [4.78, 5) is 8.92. The van der Waals surface area contributed by atoms with Crippen LogP contribution in [0.2, 0.25) is 0 Å². The Balaban J connectivity index is 1.37. The Morgan fingerprint density at radius 2 is 0.968 bits per heavy atom. The molecule has 4 heteroatoms. The molecule has 0 amide bonds. The van der Waals surface area contributed by atoms with E-state index in [2.05, 4.69) is 34.3 Å². The molecule has 2 N–H and O–H groups in total. The van der Waals surface area contributed by atoms with E-state index in [1.165, 1.54) is 11.1 Å². The molecule has 0 bridgehead atoms. The van der Waals surface area contributed by atoms with E-state index in [9.17, 15) is 10.2 Å². The number of hydrogen-bond acceptors (Lipinski definition) is 4. The Morgan fingerprint density at radius 3 is 1.35 bits per heavy atom. The van der Waals surface area contributed by atoms with Gasteiger partial charge in [-0.05, 0) is 77.2 Å². The van der Waals surface area contributed by atoms with Crippen LogP contribution in [0, 0.1) is 0 Å². The summed E-state index contributed by atoms with van der Waals surface area (Å²) in [7, 11) is 0. The third kappa shape index (κ3) is 5.90. The molecule has 0 aliphatic carbocycles. The van der Waals surface area contributed by atoms with Crippen molar-refractivity contribution in [2.24, 2.45) is 9.98 Å². The maximum absolute atomic E-state index is 9.52. The second kappa shape index (κ2) is 9.55. The molecule has 0 unspecified atom stereocenters. The average molecular weight is 406 g/mol. The van der Waals surface area contributed by atoms with Crippen LogP contribution in [0.5, 0.6) is 11.5 Å². The lowest BCUT2D eigenvalue weighted by atomic mass is 10.0. The number of aromatic hydroxyl groups is 2. The van der Waals surface area contributed by atoms with Crippen LogP contribution in [0.15, 0.2) is 107 Å². The van der Waals surface area contributed by atoms with E-state index in [0.29, 0.717) is 0 Å². The summed E-state index contributed by atoms with van der Waals surface area (Å²) in [6, 6.07) is 30.3. The summed E-state index contributed by atoms with van der Waals surface area (Å²) in [6.45, 7) is 0. The number of hydrogen-bond donors (Lipinski definition) is 2. The highest BCUT2D eigenvalue weighted by Gasteiger charge is 1.99. The van der Waals surface area contributed by atoms with Crippen molar-refractivity contribution in [1.82, 2.24) is 0 Å². The molecule has 0 aromatic heterocycles. The lowest BCUT2D eigenvalue weighted by Crippen LogP contribution is -1.87. The van der Waals surface area contributed by atoms with Gasteiger partial charge in [0.1, 0.15) is 11.5 Å². The smallest absolute Gasteiger partial charge is 0.116 e. The molecular formula is C27H22N2O2. The van der Waals surface area contributed by atoms with E-state index in [1.807, 2.05) is 36.4 Å². The maximum atomic E-state index is 9.52. The number of rotatable bonds is 6. The fourth-order valence-corrected chi connectivity index (χ4v) is 3.14. The van der Waals surface area contributed by atoms with Crippen molar-refractivity contribution < 1.29 is 10.2 Å². The zero-order valence-corrected chi connectivity index (χ0v) is 16.9. The van der Waals surface area contributed by atoms with Crippen molar-refractivity contribution in [3.05, 3.63) is 119 Å². The number of phenols is 2. The van der Waals surface area contributed by atoms with E-state index in [0.717, 1.165) is 28.9 Å². The first kappa shape index (κ1) is 20.1. The summed E-state index contributed by atoms with van der Waals surface area (Å²) in [5.41, 5.74) is 5.85. The first-order valence-corrected chi connectivity index (χ1v) is 9.98. The molecule has 0 radical (unpaired) electrons. The van der Waals surface area contributed by atoms with Crippen LogP contribution in [0.3, 0.4) is 0 Å². The average Bonchev–Trinajstić information content (AvgIpc) is 2.78. The first-order valence-electron chi connectivity index (χ1n) is 9.98. The summed E-state index contributed by atoms with van der Waals surface area (Å²) in [6.07, 6.45) is 4.31. The maximum Gasteiger partial charge on any atom is 0.116 e. The van der Waals surface area contributed by atoms with E-state index >= 15 is 0 Å². The van der Waals surface area contributed by atoms with Crippen molar-refractivity contribution in [3.63, 3.8) is 0 Å². The largest absolute Gasteiger partial charge is 0.508 e. The van der Waals surface area contributed by atoms with Crippen LogP contribution in [-0.4, -0.2) is 22.6 Å². The van der Waals surface area contributed by atoms with Crippen LogP contribution in [0.4, 0.5) is 11.4 Å². The van der Waals surface area contributed by atoms with Crippen LogP contribution in [0.1, 0.15) is 22.3 Å². The Hall–Kier alpha value is -4.18. The molecule has 0 heterocycles. The number of benzene rings is 4. The van der Waals surface area contributed by atoms with E-state index in [-0.39, 0.29) is 11.5 Å². The van der Waals surface area contributed by atoms with Gasteiger partial charge < -0.3 is 10.2 Å². The van der Waals surface area contributed by atoms with Gasteiger partial charge in [0, 0.05) is 12.4 Å². The molecule has 152 valence electrons. The van der Waals surface area contributed by atoms with Crippen molar-refractivity contribution in [2.75, 3.05) is 0 Å². The van der Waals surface area contributed by atoms with Gasteiger partial charge in [-0.3, -0.25) is 9.98 Å². The predicted octanol–water partition coefficient (Wildman–Crippen LogP) is 6.19. The van der Waals surface area contributed by atoms with Crippen molar-refractivity contribution in [3.8, 4) is 11.5 Å². The van der Waals surface area contributed by atoms with Gasteiger partial charge in [-0.15, -0.1) is 0 Å². The van der Waals surface area contributed by atoms with Gasteiger partial charge in [-0.1, -0.05) is 48.5 Å². The van der Waals surface area contributed by atoms with Gasteiger partial charge in [0.2, 0.25) is 0 Å². The summed E-state index contributed by atoms with van der Waals surface area (Å²) in [5.74, 6) is 0.464. The molecule has 4 rings (SSSR count). The molecule has 4 nitrogen and oxygen atoms in total. The molecule has 0 atom stereocenters. The second-order valence-corrected chi connectivity index (χ2v) is 7.22. The standard InChI is InChI=1S/C27H22N2O2/c30-26-5-1-3-22(16-26)18-28-24-11-7-20(8-12-24)15-21-9-13-25(14-10-21)29-19-23-4-2-6-27(31)17-23/h1-14,16-19,30-31H,15H2. The predicted molar refractivity (Wildman–Crippen MR) is 126 cm³/mol. The monoisotopic (exact) mass is 406 g/mol. The molecule has 0 aliphatic heterocycles. The lowest BCUT2D eigenvalue weighted by Gasteiger charge is -2.03. The molecule has 31 heavy (non-hydrogen) atoms. The van der Waals surface area contributed by atoms with Crippen LogP contribution < -0.4 is 0 Å². The van der Waals surface area contributed by atoms with E-state index in [4.69, 9.17) is 0 Å². The van der Waals surface area contributed by atoms with E-state index < -0.39 is 0 Å². The van der Waals surface area contributed by atoms with Gasteiger partial charge in [-0.2, -0.15) is 0 Å². The fourth-order valence-electron chi connectivity index (χ4n) is 3.14. The number of phenolic OH excluding ortho intramolecular Hbond substituents is 2. The Bertz CT molecular complexity index is 1110. The lowest BCUT2D eigenvalue weighted by molar-refractivity contribution is 0.474. The third-order valence-electron chi connectivity index (χ3n) is 4.75. The quantitative estimate of drug-likeness (QED) is 0.375. The molecule has 4 aromatic carbocycles. The van der Waals surface area contributed by atoms with Crippen molar-refractivity contribution in [2.45, 2.75) is 6.42 Å². The third-order valence-corrected chi connectivity index (χ3v) is 4.75. The zero-order chi connectivity index (χ0) is 21.5. The minimum Gasteiger partial charge on any atom is -0.508 e. The van der Waals surface area contributed by atoms with Gasteiger partial charge in [-0.25, -0.2) is 0 Å².